The zero-order valence-corrected chi connectivity index (χ0v) is 9.66. The van der Waals surface area contributed by atoms with Crippen LogP contribution in [-0.4, -0.2) is 22.5 Å². The number of carbonyl (C=O) groups is 2. The molecule has 2 fully saturated rings. The second-order valence-electron chi connectivity index (χ2n) is 5.39. The first-order valence-corrected chi connectivity index (χ1v) is 6.07. The number of aliphatic carboxylic acids is 1. The molecule has 0 spiro atoms. The molecule has 0 aromatic carbocycles. The highest BCUT2D eigenvalue weighted by Crippen LogP contribution is 2.36. The maximum absolute atomic E-state index is 12.0. The Hall–Kier alpha value is -1.06. The number of hydrogen-bond donors (Lipinski definition) is 2. The molecular formula is C12H19NO3. The first-order chi connectivity index (χ1) is 7.52. The van der Waals surface area contributed by atoms with Gasteiger partial charge in [0, 0.05) is 5.54 Å². The molecule has 2 aliphatic carbocycles. The van der Waals surface area contributed by atoms with Crippen LogP contribution in [0.1, 0.15) is 45.4 Å². The van der Waals surface area contributed by atoms with Crippen molar-refractivity contribution in [2.24, 2.45) is 11.8 Å². The highest BCUT2D eigenvalue weighted by Gasteiger charge is 2.43. The smallest absolute Gasteiger partial charge is 0.307 e. The van der Waals surface area contributed by atoms with Crippen molar-refractivity contribution in [3.05, 3.63) is 0 Å². The SMILES string of the molecule is CC1(NC(=O)C2CCCCC2C(=O)O)CC1. The van der Waals surface area contributed by atoms with E-state index in [1.54, 1.807) is 0 Å². The number of carboxylic acid groups (broad SMARTS) is 1. The summed E-state index contributed by atoms with van der Waals surface area (Å²) in [4.78, 5) is 23.1. The van der Waals surface area contributed by atoms with Crippen LogP contribution in [0.15, 0.2) is 0 Å². The normalized spacial score (nSPS) is 31.8. The third-order valence-electron chi connectivity index (χ3n) is 3.84. The van der Waals surface area contributed by atoms with Crippen molar-refractivity contribution in [1.82, 2.24) is 5.32 Å². The maximum atomic E-state index is 12.0. The molecular weight excluding hydrogens is 206 g/mol. The summed E-state index contributed by atoms with van der Waals surface area (Å²) >= 11 is 0. The van der Waals surface area contributed by atoms with Crippen molar-refractivity contribution in [2.75, 3.05) is 0 Å². The minimum Gasteiger partial charge on any atom is -0.481 e. The average molecular weight is 225 g/mol. The Bertz CT molecular complexity index is 309. The first-order valence-electron chi connectivity index (χ1n) is 6.07. The summed E-state index contributed by atoms with van der Waals surface area (Å²) < 4.78 is 0. The van der Waals surface area contributed by atoms with Crippen LogP contribution in [0.25, 0.3) is 0 Å². The van der Waals surface area contributed by atoms with Crippen LogP contribution in [0, 0.1) is 11.8 Å². The van der Waals surface area contributed by atoms with E-state index in [-0.39, 0.29) is 17.4 Å². The Kier molecular flexibility index (Phi) is 2.91. The van der Waals surface area contributed by atoms with E-state index in [9.17, 15) is 9.59 Å². The van der Waals surface area contributed by atoms with Crippen LogP contribution in [0.4, 0.5) is 0 Å². The van der Waals surface area contributed by atoms with Gasteiger partial charge in [-0.3, -0.25) is 9.59 Å². The summed E-state index contributed by atoms with van der Waals surface area (Å²) in [7, 11) is 0. The average Bonchev–Trinajstić information content (AvgIpc) is 2.96. The third kappa shape index (κ3) is 2.36. The quantitative estimate of drug-likeness (QED) is 0.765. The molecule has 90 valence electrons. The van der Waals surface area contributed by atoms with Crippen molar-refractivity contribution in [1.29, 1.82) is 0 Å². The molecule has 16 heavy (non-hydrogen) atoms. The van der Waals surface area contributed by atoms with E-state index in [1.807, 2.05) is 6.92 Å². The molecule has 2 N–H and O–H groups in total. The van der Waals surface area contributed by atoms with Crippen LogP contribution in [0.5, 0.6) is 0 Å². The zero-order chi connectivity index (χ0) is 11.8. The fourth-order valence-corrected chi connectivity index (χ4v) is 2.44. The van der Waals surface area contributed by atoms with Gasteiger partial charge in [0.2, 0.25) is 5.91 Å². The van der Waals surface area contributed by atoms with Crippen LogP contribution < -0.4 is 5.32 Å². The van der Waals surface area contributed by atoms with Gasteiger partial charge in [0.05, 0.1) is 11.8 Å². The molecule has 4 nitrogen and oxygen atoms in total. The molecule has 0 radical (unpaired) electrons. The van der Waals surface area contributed by atoms with Gasteiger partial charge in [0.1, 0.15) is 0 Å². The van der Waals surface area contributed by atoms with Gasteiger partial charge in [0.25, 0.3) is 0 Å². The monoisotopic (exact) mass is 225 g/mol. The van der Waals surface area contributed by atoms with Gasteiger partial charge >= 0.3 is 5.97 Å². The summed E-state index contributed by atoms with van der Waals surface area (Å²) in [6.07, 6.45) is 5.30. The molecule has 2 saturated carbocycles. The lowest BCUT2D eigenvalue weighted by Crippen LogP contribution is -2.44. The summed E-state index contributed by atoms with van der Waals surface area (Å²) in [5.41, 5.74) is -0.0441. The van der Waals surface area contributed by atoms with E-state index >= 15 is 0 Å². The van der Waals surface area contributed by atoms with E-state index in [2.05, 4.69) is 5.32 Å². The summed E-state index contributed by atoms with van der Waals surface area (Å²) in [6, 6.07) is 0. The van der Waals surface area contributed by atoms with Crippen LogP contribution in [0.3, 0.4) is 0 Å². The largest absolute Gasteiger partial charge is 0.481 e. The van der Waals surface area contributed by atoms with Crippen molar-refractivity contribution >= 4 is 11.9 Å². The molecule has 1 amide bonds. The Labute approximate surface area is 95.4 Å². The van der Waals surface area contributed by atoms with E-state index in [0.29, 0.717) is 6.42 Å². The van der Waals surface area contributed by atoms with Gasteiger partial charge in [-0.2, -0.15) is 0 Å². The lowest BCUT2D eigenvalue weighted by Gasteiger charge is -2.28. The predicted molar refractivity (Wildman–Crippen MR) is 58.9 cm³/mol. The fraction of sp³-hybridized carbons (Fsp3) is 0.833. The maximum Gasteiger partial charge on any atom is 0.307 e. The number of hydrogen-bond acceptors (Lipinski definition) is 2. The molecule has 0 aromatic heterocycles. The van der Waals surface area contributed by atoms with Crippen LogP contribution in [-0.2, 0) is 9.59 Å². The molecule has 0 heterocycles. The number of amides is 1. The van der Waals surface area contributed by atoms with E-state index in [0.717, 1.165) is 32.1 Å². The van der Waals surface area contributed by atoms with Gasteiger partial charge in [-0.15, -0.1) is 0 Å². The van der Waals surface area contributed by atoms with Gasteiger partial charge in [-0.1, -0.05) is 12.8 Å². The number of carbonyl (C=O) groups excluding carboxylic acids is 1. The predicted octanol–water partition coefficient (Wildman–Crippen LogP) is 1.55. The van der Waals surface area contributed by atoms with Crippen molar-refractivity contribution < 1.29 is 14.7 Å². The highest BCUT2D eigenvalue weighted by atomic mass is 16.4. The topological polar surface area (TPSA) is 66.4 Å². The lowest BCUT2D eigenvalue weighted by molar-refractivity contribution is -0.149. The van der Waals surface area contributed by atoms with Crippen LogP contribution in [0.2, 0.25) is 0 Å². The van der Waals surface area contributed by atoms with E-state index in [4.69, 9.17) is 5.11 Å². The Morgan fingerprint density at radius 1 is 1.19 bits per heavy atom. The highest BCUT2D eigenvalue weighted by molar-refractivity contribution is 5.85. The molecule has 2 unspecified atom stereocenters. The van der Waals surface area contributed by atoms with Gasteiger partial charge in [-0.25, -0.2) is 0 Å². The van der Waals surface area contributed by atoms with Crippen molar-refractivity contribution in [3.63, 3.8) is 0 Å². The molecule has 2 aliphatic rings. The number of carboxylic acids is 1. The van der Waals surface area contributed by atoms with Crippen molar-refractivity contribution in [3.8, 4) is 0 Å². The minimum absolute atomic E-state index is 0.0441. The number of rotatable bonds is 3. The first kappa shape index (κ1) is 11.4. The van der Waals surface area contributed by atoms with Crippen LogP contribution >= 0.6 is 0 Å². The van der Waals surface area contributed by atoms with Crippen molar-refractivity contribution in [2.45, 2.75) is 51.0 Å². The summed E-state index contributed by atoms with van der Waals surface area (Å²) in [6.45, 7) is 2.02. The second-order valence-corrected chi connectivity index (χ2v) is 5.39. The summed E-state index contributed by atoms with van der Waals surface area (Å²) in [5, 5.41) is 12.1. The third-order valence-corrected chi connectivity index (χ3v) is 3.84. The molecule has 0 aromatic rings. The van der Waals surface area contributed by atoms with E-state index < -0.39 is 11.9 Å². The Morgan fingerprint density at radius 2 is 1.75 bits per heavy atom. The molecule has 2 rings (SSSR count). The fourth-order valence-electron chi connectivity index (χ4n) is 2.44. The second kappa shape index (κ2) is 4.07. The van der Waals surface area contributed by atoms with Gasteiger partial charge in [0.15, 0.2) is 0 Å². The summed E-state index contributed by atoms with van der Waals surface area (Å²) in [5.74, 6) is -1.66. The molecule has 0 bridgehead atoms. The number of nitrogens with one attached hydrogen (secondary N) is 1. The minimum atomic E-state index is -0.819. The van der Waals surface area contributed by atoms with Gasteiger partial charge < -0.3 is 10.4 Å². The van der Waals surface area contributed by atoms with Gasteiger partial charge in [-0.05, 0) is 32.6 Å². The molecule has 0 aliphatic heterocycles. The Morgan fingerprint density at radius 3 is 2.25 bits per heavy atom. The molecule has 0 saturated heterocycles. The standard InChI is InChI=1S/C12H19NO3/c1-12(6-7-12)13-10(14)8-4-2-3-5-9(8)11(15)16/h8-9H,2-7H2,1H3,(H,13,14)(H,15,16). The Balaban J connectivity index is 1.99. The van der Waals surface area contributed by atoms with E-state index in [1.165, 1.54) is 0 Å². The molecule has 4 heteroatoms. The molecule has 2 atom stereocenters. The lowest BCUT2D eigenvalue weighted by atomic mass is 9.78. The zero-order valence-electron chi connectivity index (χ0n) is 9.66.